The van der Waals surface area contributed by atoms with Gasteiger partial charge in [-0.3, -0.25) is 14.5 Å². The molecule has 2 N–H and O–H groups in total. The number of hydrogen-bond acceptors (Lipinski definition) is 6. The van der Waals surface area contributed by atoms with E-state index in [9.17, 15) is 9.59 Å². The maximum absolute atomic E-state index is 12.3. The first kappa shape index (κ1) is 20.1. The Morgan fingerprint density at radius 1 is 1.24 bits per heavy atom. The largest absolute Gasteiger partial charge is 0.355 e. The third kappa shape index (κ3) is 4.38. The van der Waals surface area contributed by atoms with Gasteiger partial charge in [-0.15, -0.1) is 11.3 Å². The maximum Gasteiger partial charge on any atom is 0.254 e. The molecule has 0 radical (unpaired) electrons. The summed E-state index contributed by atoms with van der Waals surface area (Å²) in [6, 6.07) is 2.39. The minimum absolute atomic E-state index is 0.0800. The van der Waals surface area contributed by atoms with Crippen molar-refractivity contribution in [2.45, 2.75) is 38.6 Å². The third-order valence-corrected chi connectivity index (χ3v) is 6.56. The number of carbonyl (C=O) groups excluding carboxylic acids is 2. The Balaban J connectivity index is 1.52. The number of rotatable bonds is 6. The van der Waals surface area contributed by atoms with E-state index in [1.165, 1.54) is 18.4 Å². The van der Waals surface area contributed by atoms with Crippen LogP contribution in [0.3, 0.4) is 0 Å². The van der Waals surface area contributed by atoms with Crippen molar-refractivity contribution in [3.05, 3.63) is 22.6 Å². The van der Waals surface area contributed by atoms with Crippen LogP contribution < -0.4 is 15.5 Å². The molecule has 156 valence electrons. The van der Waals surface area contributed by atoms with Crippen molar-refractivity contribution in [1.82, 2.24) is 20.5 Å². The van der Waals surface area contributed by atoms with E-state index in [1.807, 2.05) is 19.2 Å². The molecule has 8 heteroatoms. The molecule has 0 unspecified atom stereocenters. The van der Waals surface area contributed by atoms with Gasteiger partial charge in [0.05, 0.1) is 22.3 Å². The summed E-state index contributed by atoms with van der Waals surface area (Å²) in [5.41, 5.74) is 2.83. The van der Waals surface area contributed by atoms with Crippen molar-refractivity contribution < 1.29 is 9.59 Å². The standard InChI is InChI=1S/C21H29N5O2S/c1-13(2)23-18(27)11-25-6-8-26(9-7-25)17-10-15(14-4-5-14)20-19(24-17)16(12-29-20)21(28)22-3/h10,12-14H,4-9,11H2,1-3H3,(H,22,28)(H,23,27). The van der Waals surface area contributed by atoms with Crippen LogP contribution >= 0.6 is 11.3 Å². The van der Waals surface area contributed by atoms with Crippen LogP contribution in [0.5, 0.6) is 0 Å². The monoisotopic (exact) mass is 415 g/mol. The van der Waals surface area contributed by atoms with E-state index in [0.717, 1.165) is 42.2 Å². The fourth-order valence-electron chi connectivity index (χ4n) is 3.88. The van der Waals surface area contributed by atoms with Crippen LogP contribution in [0.4, 0.5) is 5.82 Å². The lowest BCUT2D eigenvalue weighted by molar-refractivity contribution is -0.122. The van der Waals surface area contributed by atoms with Gasteiger partial charge in [0, 0.05) is 44.6 Å². The number of piperazine rings is 1. The number of carbonyl (C=O) groups is 2. The number of pyridine rings is 1. The van der Waals surface area contributed by atoms with E-state index in [0.29, 0.717) is 18.0 Å². The number of nitrogens with one attached hydrogen (secondary N) is 2. The highest BCUT2D eigenvalue weighted by Gasteiger charge is 2.30. The van der Waals surface area contributed by atoms with Crippen LogP contribution in [-0.2, 0) is 4.79 Å². The van der Waals surface area contributed by atoms with Crippen molar-refractivity contribution >= 4 is 39.2 Å². The molecule has 0 spiro atoms. The summed E-state index contributed by atoms with van der Waals surface area (Å²) in [5, 5.41) is 7.61. The topological polar surface area (TPSA) is 77.6 Å². The zero-order valence-electron chi connectivity index (χ0n) is 17.3. The van der Waals surface area contributed by atoms with Gasteiger partial charge in [-0.2, -0.15) is 0 Å². The molecular weight excluding hydrogens is 386 g/mol. The summed E-state index contributed by atoms with van der Waals surface area (Å²) in [6.07, 6.45) is 2.43. The van der Waals surface area contributed by atoms with E-state index >= 15 is 0 Å². The molecule has 4 rings (SSSR count). The number of nitrogens with zero attached hydrogens (tertiary/aromatic N) is 3. The first-order valence-corrected chi connectivity index (χ1v) is 11.2. The van der Waals surface area contributed by atoms with Crippen molar-refractivity contribution in [3.8, 4) is 0 Å². The molecule has 0 aromatic carbocycles. The number of amides is 2. The molecule has 2 aromatic heterocycles. The highest BCUT2D eigenvalue weighted by atomic mass is 32.1. The molecule has 3 heterocycles. The lowest BCUT2D eigenvalue weighted by atomic mass is 10.1. The maximum atomic E-state index is 12.3. The van der Waals surface area contributed by atoms with Gasteiger partial charge in [0.15, 0.2) is 0 Å². The molecule has 1 saturated heterocycles. The summed E-state index contributed by atoms with van der Waals surface area (Å²) in [4.78, 5) is 33.7. The summed E-state index contributed by atoms with van der Waals surface area (Å²) >= 11 is 1.63. The van der Waals surface area contributed by atoms with E-state index in [2.05, 4.69) is 26.5 Å². The molecule has 2 aromatic rings. The van der Waals surface area contributed by atoms with Crippen molar-refractivity contribution in [3.63, 3.8) is 0 Å². The van der Waals surface area contributed by atoms with Crippen molar-refractivity contribution in [2.75, 3.05) is 44.7 Å². The van der Waals surface area contributed by atoms with Crippen LogP contribution in [0.15, 0.2) is 11.4 Å². The third-order valence-electron chi connectivity index (χ3n) is 5.54. The molecule has 29 heavy (non-hydrogen) atoms. The van der Waals surface area contributed by atoms with Crippen LogP contribution in [0.1, 0.15) is 48.5 Å². The van der Waals surface area contributed by atoms with E-state index < -0.39 is 0 Å². The zero-order chi connectivity index (χ0) is 20.5. The van der Waals surface area contributed by atoms with E-state index in [-0.39, 0.29) is 17.9 Å². The van der Waals surface area contributed by atoms with Gasteiger partial charge in [-0.1, -0.05) is 0 Å². The fraction of sp³-hybridized carbons (Fsp3) is 0.571. The normalized spacial score (nSPS) is 17.7. The molecule has 0 atom stereocenters. The quantitative estimate of drug-likeness (QED) is 0.756. The van der Waals surface area contributed by atoms with Crippen LogP contribution in [-0.4, -0.2) is 67.5 Å². The van der Waals surface area contributed by atoms with Crippen molar-refractivity contribution in [2.24, 2.45) is 0 Å². The predicted molar refractivity (Wildman–Crippen MR) is 117 cm³/mol. The average Bonchev–Trinajstić information content (AvgIpc) is 3.45. The molecule has 2 amide bonds. The Hall–Kier alpha value is -2.19. The second-order valence-electron chi connectivity index (χ2n) is 8.24. The Bertz CT molecular complexity index is 913. The molecule has 2 fully saturated rings. The lowest BCUT2D eigenvalue weighted by Crippen LogP contribution is -2.50. The van der Waals surface area contributed by atoms with Crippen LogP contribution in [0.2, 0.25) is 0 Å². The second kappa shape index (κ2) is 8.28. The van der Waals surface area contributed by atoms with Gasteiger partial charge in [0.25, 0.3) is 5.91 Å². The van der Waals surface area contributed by atoms with Crippen LogP contribution in [0.25, 0.3) is 10.2 Å². The van der Waals surface area contributed by atoms with E-state index in [4.69, 9.17) is 4.98 Å². The number of hydrogen-bond donors (Lipinski definition) is 2. The minimum atomic E-state index is -0.0800. The first-order valence-electron chi connectivity index (χ1n) is 10.4. The fourth-order valence-corrected chi connectivity index (χ4v) is 4.96. The Morgan fingerprint density at radius 2 is 1.97 bits per heavy atom. The number of thiophene rings is 1. The van der Waals surface area contributed by atoms with Gasteiger partial charge in [0.2, 0.25) is 5.91 Å². The first-order chi connectivity index (χ1) is 14.0. The van der Waals surface area contributed by atoms with E-state index in [1.54, 1.807) is 18.4 Å². The Morgan fingerprint density at radius 3 is 2.59 bits per heavy atom. The molecule has 2 aliphatic rings. The summed E-state index contributed by atoms with van der Waals surface area (Å²) < 4.78 is 1.15. The average molecular weight is 416 g/mol. The second-order valence-corrected chi connectivity index (χ2v) is 9.12. The summed E-state index contributed by atoms with van der Waals surface area (Å²) in [5.74, 6) is 1.55. The van der Waals surface area contributed by atoms with Gasteiger partial charge >= 0.3 is 0 Å². The number of aromatic nitrogens is 1. The molecule has 1 aliphatic carbocycles. The Kier molecular flexibility index (Phi) is 5.74. The molecule has 1 saturated carbocycles. The molecule has 0 bridgehead atoms. The zero-order valence-corrected chi connectivity index (χ0v) is 18.1. The number of fused-ring (bicyclic) bond motifs is 1. The van der Waals surface area contributed by atoms with Crippen molar-refractivity contribution in [1.29, 1.82) is 0 Å². The molecule has 7 nitrogen and oxygen atoms in total. The predicted octanol–water partition coefficient (Wildman–Crippen LogP) is 2.18. The smallest absolute Gasteiger partial charge is 0.254 e. The van der Waals surface area contributed by atoms with Gasteiger partial charge in [-0.25, -0.2) is 4.98 Å². The van der Waals surface area contributed by atoms with Gasteiger partial charge in [0.1, 0.15) is 5.82 Å². The molecular formula is C21H29N5O2S. The minimum Gasteiger partial charge on any atom is -0.355 e. The highest BCUT2D eigenvalue weighted by Crippen LogP contribution is 2.46. The number of anilines is 1. The lowest BCUT2D eigenvalue weighted by Gasteiger charge is -2.35. The molecule has 1 aliphatic heterocycles. The van der Waals surface area contributed by atoms with Gasteiger partial charge in [-0.05, 0) is 44.2 Å². The van der Waals surface area contributed by atoms with Crippen LogP contribution in [0, 0.1) is 0 Å². The summed E-state index contributed by atoms with van der Waals surface area (Å²) in [7, 11) is 1.66. The van der Waals surface area contributed by atoms with Gasteiger partial charge < -0.3 is 15.5 Å². The highest BCUT2D eigenvalue weighted by molar-refractivity contribution is 7.17. The SMILES string of the molecule is CNC(=O)c1csc2c(C3CC3)cc(N3CCN(CC(=O)NC(C)C)CC3)nc12. The summed E-state index contributed by atoms with van der Waals surface area (Å²) in [6.45, 7) is 7.72. The Labute approximate surface area is 175 Å².